The molecule has 0 saturated heterocycles. The van der Waals surface area contributed by atoms with E-state index in [0.717, 1.165) is 32.4 Å². The lowest BCUT2D eigenvalue weighted by Gasteiger charge is -2.32. The van der Waals surface area contributed by atoms with E-state index in [9.17, 15) is 5.26 Å². The first-order chi connectivity index (χ1) is 8.42. The zero-order valence-corrected chi connectivity index (χ0v) is 12.7. The van der Waals surface area contributed by atoms with Crippen LogP contribution in [0.15, 0.2) is 0 Å². The van der Waals surface area contributed by atoms with Crippen molar-refractivity contribution in [2.45, 2.75) is 58.5 Å². The number of nitrogens with zero attached hydrogens (tertiary/aromatic N) is 2. The number of hydrogen-bond acceptors (Lipinski definition) is 3. The fourth-order valence-corrected chi connectivity index (χ4v) is 3.03. The highest BCUT2D eigenvalue weighted by atomic mass is 15.2. The smallest absolute Gasteiger partial charge is 0.108 e. The van der Waals surface area contributed by atoms with Gasteiger partial charge in [0.15, 0.2) is 0 Å². The Morgan fingerprint density at radius 3 is 2.17 bits per heavy atom. The van der Waals surface area contributed by atoms with Gasteiger partial charge in [0, 0.05) is 19.1 Å². The van der Waals surface area contributed by atoms with Crippen molar-refractivity contribution >= 4 is 0 Å². The maximum absolute atomic E-state index is 9.35. The van der Waals surface area contributed by atoms with Crippen molar-refractivity contribution in [1.82, 2.24) is 10.2 Å². The standard InChI is InChI=1S/C15H29N3/c1-12(2)9-18(10-13(3)4)14-6-7-15(8-14,11-16)17-5/h12-14,17H,6-10H2,1-5H3. The van der Waals surface area contributed by atoms with Crippen molar-refractivity contribution in [2.75, 3.05) is 20.1 Å². The fraction of sp³-hybridized carbons (Fsp3) is 0.933. The van der Waals surface area contributed by atoms with Gasteiger partial charge in [-0.2, -0.15) is 5.26 Å². The van der Waals surface area contributed by atoms with Crippen LogP contribution in [0.2, 0.25) is 0 Å². The predicted octanol–water partition coefficient (Wildman–Crippen LogP) is 2.63. The Labute approximate surface area is 113 Å². The minimum atomic E-state index is -0.281. The van der Waals surface area contributed by atoms with Crippen molar-refractivity contribution in [3.05, 3.63) is 0 Å². The molecule has 3 nitrogen and oxygen atoms in total. The molecule has 1 aliphatic rings. The molecule has 0 bridgehead atoms. The van der Waals surface area contributed by atoms with Crippen molar-refractivity contribution in [2.24, 2.45) is 11.8 Å². The molecule has 0 heterocycles. The van der Waals surface area contributed by atoms with Gasteiger partial charge in [-0.25, -0.2) is 0 Å². The molecule has 1 fully saturated rings. The molecule has 104 valence electrons. The summed E-state index contributed by atoms with van der Waals surface area (Å²) in [7, 11) is 1.92. The van der Waals surface area contributed by atoms with Gasteiger partial charge in [-0.3, -0.25) is 4.90 Å². The average Bonchev–Trinajstić information content (AvgIpc) is 2.72. The second kappa shape index (κ2) is 6.54. The molecule has 0 amide bonds. The summed E-state index contributed by atoms with van der Waals surface area (Å²) in [6, 6.07) is 3.05. The lowest BCUT2D eigenvalue weighted by molar-refractivity contribution is 0.154. The molecule has 0 aliphatic heterocycles. The zero-order chi connectivity index (χ0) is 13.8. The van der Waals surface area contributed by atoms with Crippen LogP contribution in [0.5, 0.6) is 0 Å². The molecule has 0 spiro atoms. The molecule has 2 unspecified atom stereocenters. The molecular formula is C15H29N3. The third-order valence-corrected chi connectivity index (χ3v) is 3.90. The van der Waals surface area contributed by atoms with Gasteiger partial charge in [-0.1, -0.05) is 27.7 Å². The van der Waals surface area contributed by atoms with Gasteiger partial charge < -0.3 is 5.32 Å². The van der Waals surface area contributed by atoms with Gasteiger partial charge in [0.1, 0.15) is 5.54 Å². The molecule has 0 aromatic carbocycles. The Bertz CT molecular complexity index is 283. The molecule has 0 aromatic rings. The molecule has 1 saturated carbocycles. The van der Waals surface area contributed by atoms with Gasteiger partial charge >= 0.3 is 0 Å². The van der Waals surface area contributed by atoms with Gasteiger partial charge in [-0.15, -0.1) is 0 Å². The quantitative estimate of drug-likeness (QED) is 0.789. The minimum absolute atomic E-state index is 0.281. The molecule has 3 heteroatoms. The Kier molecular flexibility index (Phi) is 5.62. The van der Waals surface area contributed by atoms with E-state index < -0.39 is 0 Å². The van der Waals surface area contributed by atoms with Crippen LogP contribution in [-0.4, -0.2) is 36.6 Å². The normalized spacial score (nSPS) is 28.3. The highest BCUT2D eigenvalue weighted by molar-refractivity contribution is 5.12. The summed E-state index contributed by atoms with van der Waals surface area (Å²) in [5.41, 5.74) is -0.281. The summed E-state index contributed by atoms with van der Waals surface area (Å²) in [6.07, 6.45) is 3.10. The van der Waals surface area contributed by atoms with Crippen LogP contribution in [0.25, 0.3) is 0 Å². The molecule has 0 aromatic heterocycles. The van der Waals surface area contributed by atoms with Crippen LogP contribution in [0.4, 0.5) is 0 Å². The SMILES string of the molecule is CNC1(C#N)CCC(N(CC(C)C)CC(C)C)C1. The molecule has 1 aliphatic carbocycles. The summed E-state index contributed by atoms with van der Waals surface area (Å²) in [4.78, 5) is 2.60. The van der Waals surface area contributed by atoms with Crippen molar-refractivity contribution < 1.29 is 0 Å². The second-order valence-electron chi connectivity index (χ2n) is 6.58. The van der Waals surface area contributed by atoms with E-state index in [1.165, 1.54) is 0 Å². The first-order valence-corrected chi connectivity index (χ1v) is 7.26. The second-order valence-corrected chi connectivity index (χ2v) is 6.58. The average molecular weight is 251 g/mol. The molecule has 2 atom stereocenters. The van der Waals surface area contributed by atoms with Crippen molar-refractivity contribution in [3.8, 4) is 6.07 Å². The van der Waals surface area contributed by atoms with E-state index in [4.69, 9.17) is 0 Å². The Morgan fingerprint density at radius 2 is 1.83 bits per heavy atom. The van der Waals surface area contributed by atoms with E-state index in [-0.39, 0.29) is 5.54 Å². The van der Waals surface area contributed by atoms with Crippen LogP contribution in [-0.2, 0) is 0 Å². The van der Waals surface area contributed by atoms with Gasteiger partial charge in [-0.05, 0) is 38.1 Å². The maximum Gasteiger partial charge on any atom is 0.108 e. The van der Waals surface area contributed by atoms with Gasteiger partial charge in [0.2, 0.25) is 0 Å². The largest absolute Gasteiger partial charge is 0.302 e. The molecule has 0 radical (unpaired) electrons. The van der Waals surface area contributed by atoms with Crippen LogP contribution >= 0.6 is 0 Å². The number of nitrogens with one attached hydrogen (secondary N) is 1. The molecule has 18 heavy (non-hydrogen) atoms. The van der Waals surface area contributed by atoms with Crippen LogP contribution in [0.3, 0.4) is 0 Å². The highest BCUT2D eigenvalue weighted by Crippen LogP contribution is 2.33. The zero-order valence-electron chi connectivity index (χ0n) is 12.7. The topological polar surface area (TPSA) is 39.1 Å². The predicted molar refractivity (Wildman–Crippen MR) is 76.3 cm³/mol. The number of hydrogen-bond donors (Lipinski definition) is 1. The Balaban J connectivity index is 2.68. The maximum atomic E-state index is 9.35. The Morgan fingerprint density at radius 1 is 1.28 bits per heavy atom. The molecule has 1 rings (SSSR count). The number of nitriles is 1. The van der Waals surface area contributed by atoms with E-state index in [0.29, 0.717) is 17.9 Å². The Hall–Kier alpha value is -0.590. The third-order valence-electron chi connectivity index (χ3n) is 3.90. The summed E-state index contributed by atoms with van der Waals surface area (Å²) < 4.78 is 0. The van der Waals surface area contributed by atoms with Crippen molar-refractivity contribution in [1.29, 1.82) is 5.26 Å². The molecule has 1 N–H and O–H groups in total. The first kappa shape index (κ1) is 15.5. The van der Waals surface area contributed by atoms with E-state index in [1.54, 1.807) is 0 Å². The van der Waals surface area contributed by atoms with E-state index >= 15 is 0 Å². The summed E-state index contributed by atoms with van der Waals surface area (Å²) in [6.45, 7) is 11.4. The van der Waals surface area contributed by atoms with Gasteiger partial charge in [0.05, 0.1) is 6.07 Å². The van der Waals surface area contributed by atoms with Crippen LogP contribution < -0.4 is 5.32 Å². The monoisotopic (exact) mass is 251 g/mol. The fourth-order valence-electron chi connectivity index (χ4n) is 3.03. The number of rotatable bonds is 6. The third kappa shape index (κ3) is 3.96. The lowest BCUT2D eigenvalue weighted by atomic mass is 9.99. The minimum Gasteiger partial charge on any atom is -0.302 e. The summed E-state index contributed by atoms with van der Waals surface area (Å²) in [5, 5.41) is 12.6. The summed E-state index contributed by atoms with van der Waals surface area (Å²) in [5.74, 6) is 1.38. The molecular weight excluding hydrogens is 222 g/mol. The van der Waals surface area contributed by atoms with E-state index in [1.807, 2.05) is 7.05 Å². The highest BCUT2D eigenvalue weighted by Gasteiger charge is 2.40. The lowest BCUT2D eigenvalue weighted by Crippen LogP contribution is -2.43. The summed E-state index contributed by atoms with van der Waals surface area (Å²) >= 11 is 0. The first-order valence-electron chi connectivity index (χ1n) is 7.26. The van der Waals surface area contributed by atoms with Crippen molar-refractivity contribution in [3.63, 3.8) is 0 Å². The van der Waals surface area contributed by atoms with Crippen LogP contribution in [0.1, 0.15) is 47.0 Å². The van der Waals surface area contributed by atoms with E-state index in [2.05, 4.69) is 44.0 Å². The van der Waals surface area contributed by atoms with Crippen LogP contribution in [0, 0.1) is 23.2 Å². The van der Waals surface area contributed by atoms with Gasteiger partial charge in [0.25, 0.3) is 0 Å².